The quantitative estimate of drug-likeness (QED) is 0.794. The molecule has 0 spiro atoms. The number of nitrogens with zero attached hydrogens (tertiary/aromatic N) is 4. The fraction of sp³-hybridized carbons (Fsp3) is 0.500. The van der Waals surface area contributed by atoms with E-state index < -0.39 is 0 Å². The molecule has 0 bridgehead atoms. The van der Waals surface area contributed by atoms with Crippen molar-refractivity contribution in [2.24, 2.45) is 0 Å². The molecule has 104 valence electrons. The fourth-order valence-corrected chi connectivity index (χ4v) is 3.51. The number of fused-ring (bicyclic) bond motifs is 2. The molecule has 1 aromatic heterocycles. The van der Waals surface area contributed by atoms with Crippen molar-refractivity contribution < 1.29 is 0 Å². The maximum Gasteiger partial charge on any atom is 0.147 e. The number of anilines is 1. The predicted molar refractivity (Wildman–Crippen MR) is 81.0 cm³/mol. The second-order valence-corrected chi connectivity index (χ2v) is 5.85. The maximum absolute atomic E-state index is 4.80. The molecule has 0 radical (unpaired) electrons. The second kappa shape index (κ2) is 5.02. The van der Waals surface area contributed by atoms with E-state index in [4.69, 9.17) is 4.98 Å². The van der Waals surface area contributed by atoms with Crippen molar-refractivity contribution >= 4 is 16.9 Å². The molecule has 0 N–H and O–H groups in total. The molecule has 4 heteroatoms. The zero-order valence-corrected chi connectivity index (χ0v) is 11.7. The fourth-order valence-electron chi connectivity index (χ4n) is 3.51. The Labute approximate surface area is 119 Å². The first-order chi connectivity index (χ1) is 9.90. The van der Waals surface area contributed by atoms with Gasteiger partial charge in [0.2, 0.25) is 0 Å². The number of para-hydroxylation sites is 2. The Hall–Kier alpha value is -1.68. The van der Waals surface area contributed by atoms with E-state index in [0.717, 1.165) is 29.9 Å². The lowest BCUT2D eigenvalue weighted by atomic mass is 10.2. The first kappa shape index (κ1) is 12.1. The zero-order chi connectivity index (χ0) is 13.4. The summed E-state index contributed by atoms with van der Waals surface area (Å²) in [7, 11) is 0. The van der Waals surface area contributed by atoms with Gasteiger partial charge >= 0.3 is 0 Å². The Morgan fingerprint density at radius 3 is 2.80 bits per heavy atom. The first-order valence-electron chi connectivity index (χ1n) is 7.61. The third kappa shape index (κ3) is 2.14. The van der Waals surface area contributed by atoms with Gasteiger partial charge in [-0.25, -0.2) is 4.98 Å². The van der Waals surface area contributed by atoms with Crippen LogP contribution in [0.25, 0.3) is 11.0 Å². The van der Waals surface area contributed by atoms with E-state index in [2.05, 4.69) is 14.8 Å². The molecule has 0 amide bonds. The Morgan fingerprint density at radius 1 is 1.00 bits per heavy atom. The summed E-state index contributed by atoms with van der Waals surface area (Å²) in [4.78, 5) is 14.4. The molecule has 20 heavy (non-hydrogen) atoms. The molecular weight excluding hydrogens is 248 g/mol. The van der Waals surface area contributed by atoms with Crippen LogP contribution in [0.3, 0.4) is 0 Å². The molecule has 3 heterocycles. The van der Waals surface area contributed by atoms with Gasteiger partial charge in [-0.3, -0.25) is 9.88 Å². The minimum Gasteiger partial charge on any atom is -0.354 e. The third-order valence-corrected chi connectivity index (χ3v) is 4.56. The van der Waals surface area contributed by atoms with E-state index in [0.29, 0.717) is 6.04 Å². The average molecular weight is 268 g/mol. The SMILES string of the molecule is c1ccc2nc(N3CCCN4CCC[C@H]4C3)cnc2c1. The van der Waals surface area contributed by atoms with Crippen LogP contribution in [-0.2, 0) is 0 Å². The van der Waals surface area contributed by atoms with Crippen LogP contribution in [0, 0.1) is 0 Å². The predicted octanol–water partition coefficient (Wildman–Crippen LogP) is 2.30. The summed E-state index contributed by atoms with van der Waals surface area (Å²) in [6.07, 6.45) is 5.84. The lowest BCUT2D eigenvalue weighted by Crippen LogP contribution is -2.37. The van der Waals surface area contributed by atoms with Crippen molar-refractivity contribution in [1.82, 2.24) is 14.9 Å². The van der Waals surface area contributed by atoms with Crippen LogP contribution < -0.4 is 4.90 Å². The van der Waals surface area contributed by atoms with Gasteiger partial charge in [-0.15, -0.1) is 0 Å². The topological polar surface area (TPSA) is 32.3 Å². The van der Waals surface area contributed by atoms with Crippen LogP contribution in [0.2, 0.25) is 0 Å². The zero-order valence-electron chi connectivity index (χ0n) is 11.7. The molecule has 2 aliphatic rings. The molecule has 4 rings (SSSR count). The molecule has 2 aromatic rings. The summed E-state index contributed by atoms with van der Waals surface area (Å²) < 4.78 is 0. The van der Waals surface area contributed by atoms with Crippen molar-refractivity contribution in [3.8, 4) is 0 Å². The second-order valence-electron chi connectivity index (χ2n) is 5.85. The van der Waals surface area contributed by atoms with Crippen molar-refractivity contribution in [2.45, 2.75) is 25.3 Å². The average Bonchev–Trinajstić information content (AvgIpc) is 2.84. The molecular formula is C16H20N4. The lowest BCUT2D eigenvalue weighted by molar-refractivity contribution is 0.273. The van der Waals surface area contributed by atoms with Crippen molar-refractivity contribution in [3.63, 3.8) is 0 Å². The monoisotopic (exact) mass is 268 g/mol. The van der Waals surface area contributed by atoms with Gasteiger partial charge in [-0.05, 0) is 37.9 Å². The van der Waals surface area contributed by atoms with Crippen LogP contribution in [0.15, 0.2) is 30.5 Å². The van der Waals surface area contributed by atoms with Crippen molar-refractivity contribution in [3.05, 3.63) is 30.5 Å². The summed E-state index contributed by atoms with van der Waals surface area (Å²) in [6, 6.07) is 8.82. The van der Waals surface area contributed by atoms with E-state index >= 15 is 0 Å². The highest BCUT2D eigenvalue weighted by atomic mass is 15.3. The molecule has 1 aromatic carbocycles. The van der Waals surface area contributed by atoms with E-state index in [1.54, 1.807) is 0 Å². The van der Waals surface area contributed by atoms with Gasteiger partial charge in [0, 0.05) is 25.7 Å². The first-order valence-corrected chi connectivity index (χ1v) is 7.61. The summed E-state index contributed by atoms with van der Waals surface area (Å²) in [5.74, 6) is 1.04. The Balaban J connectivity index is 1.64. The van der Waals surface area contributed by atoms with Gasteiger partial charge in [-0.2, -0.15) is 0 Å². The number of aromatic nitrogens is 2. The third-order valence-electron chi connectivity index (χ3n) is 4.56. The molecule has 1 atom stereocenters. The Kier molecular flexibility index (Phi) is 3.03. The van der Waals surface area contributed by atoms with Crippen LogP contribution in [0.1, 0.15) is 19.3 Å². The van der Waals surface area contributed by atoms with Gasteiger partial charge in [0.15, 0.2) is 0 Å². The summed E-state index contributed by atoms with van der Waals surface area (Å²) >= 11 is 0. The Morgan fingerprint density at radius 2 is 1.85 bits per heavy atom. The van der Waals surface area contributed by atoms with Crippen LogP contribution in [0.4, 0.5) is 5.82 Å². The van der Waals surface area contributed by atoms with Crippen LogP contribution in [-0.4, -0.2) is 47.1 Å². The molecule has 0 unspecified atom stereocenters. The highest BCUT2D eigenvalue weighted by molar-refractivity contribution is 5.75. The van der Waals surface area contributed by atoms with Crippen molar-refractivity contribution in [1.29, 1.82) is 0 Å². The van der Waals surface area contributed by atoms with Gasteiger partial charge in [0.25, 0.3) is 0 Å². The minimum atomic E-state index is 0.714. The Bertz CT molecular complexity index is 612. The molecule has 4 nitrogen and oxygen atoms in total. The van der Waals surface area contributed by atoms with Crippen LogP contribution in [0.5, 0.6) is 0 Å². The maximum atomic E-state index is 4.80. The molecule has 2 fully saturated rings. The lowest BCUT2D eigenvalue weighted by Gasteiger charge is -2.26. The summed E-state index contributed by atoms with van der Waals surface area (Å²) in [5.41, 5.74) is 1.98. The molecule has 0 saturated carbocycles. The summed E-state index contributed by atoms with van der Waals surface area (Å²) in [5, 5.41) is 0. The largest absolute Gasteiger partial charge is 0.354 e. The van der Waals surface area contributed by atoms with Gasteiger partial charge < -0.3 is 4.90 Å². The number of benzene rings is 1. The van der Waals surface area contributed by atoms with Gasteiger partial charge in [0.1, 0.15) is 5.82 Å². The minimum absolute atomic E-state index is 0.714. The standard InChI is InChI=1S/C16H20N4/c1-2-7-15-14(6-1)17-11-16(18-15)20-10-4-9-19-8-3-5-13(19)12-20/h1-2,6-7,11,13H,3-5,8-10,12H2/t13-/m0/s1. The van der Waals surface area contributed by atoms with E-state index in [-0.39, 0.29) is 0 Å². The van der Waals surface area contributed by atoms with Gasteiger partial charge in [0.05, 0.1) is 17.2 Å². The number of hydrogen-bond acceptors (Lipinski definition) is 4. The smallest absolute Gasteiger partial charge is 0.147 e. The van der Waals surface area contributed by atoms with E-state index in [9.17, 15) is 0 Å². The van der Waals surface area contributed by atoms with Crippen LogP contribution >= 0.6 is 0 Å². The highest BCUT2D eigenvalue weighted by Gasteiger charge is 2.29. The number of hydrogen-bond donors (Lipinski definition) is 0. The molecule has 2 saturated heterocycles. The van der Waals surface area contributed by atoms with E-state index in [1.807, 2.05) is 30.5 Å². The van der Waals surface area contributed by atoms with Crippen molar-refractivity contribution in [2.75, 3.05) is 31.1 Å². The summed E-state index contributed by atoms with van der Waals surface area (Å²) in [6.45, 7) is 4.72. The molecule has 0 aliphatic carbocycles. The number of rotatable bonds is 1. The highest BCUT2D eigenvalue weighted by Crippen LogP contribution is 2.24. The van der Waals surface area contributed by atoms with E-state index in [1.165, 1.54) is 32.4 Å². The van der Waals surface area contributed by atoms with Gasteiger partial charge in [-0.1, -0.05) is 12.1 Å². The molecule has 2 aliphatic heterocycles. The normalized spacial score (nSPS) is 23.8.